The topological polar surface area (TPSA) is 49.5 Å². The van der Waals surface area contributed by atoms with Gasteiger partial charge in [0.25, 0.3) is 0 Å². The number of anilines is 1. The Morgan fingerprint density at radius 2 is 2.29 bits per heavy atom. The molecule has 94 valence electrons. The molecule has 1 atom stereocenters. The fourth-order valence-electron chi connectivity index (χ4n) is 2.80. The lowest BCUT2D eigenvalue weighted by molar-refractivity contribution is 0.181. The third-order valence-corrected chi connectivity index (χ3v) is 3.66. The van der Waals surface area contributed by atoms with Crippen LogP contribution < -0.4 is 5.73 Å². The number of nitrogens with two attached hydrogens (primary N) is 1. The molecule has 0 amide bonds. The third-order valence-electron chi connectivity index (χ3n) is 3.66. The first kappa shape index (κ1) is 12.4. The molecule has 0 radical (unpaired) electrons. The maximum atomic E-state index is 8.94. The standard InChI is InChI=1S/C14H22N2O/c1-2-16(8-3-9-17)14-7-4-11-10-12(15)5-6-13(11)14/h5-6,10,14,17H,2-4,7-9,15H2,1H3. The summed E-state index contributed by atoms with van der Waals surface area (Å²) in [6, 6.07) is 6.79. The maximum absolute atomic E-state index is 8.94. The quantitative estimate of drug-likeness (QED) is 0.766. The average Bonchev–Trinajstić information content (AvgIpc) is 2.73. The van der Waals surface area contributed by atoms with Gasteiger partial charge in [0.15, 0.2) is 0 Å². The lowest BCUT2D eigenvalue weighted by Crippen LogP contribution is -2.28. The van der Waals surface area contributed by atoms with Crippen LogP contribution in [0.3, 0.4) is 0 Å². The van der Waals surface area contributed by atoms with Crippen molar-refractivity contribution in [3.8, 4) is 0 Å². The molecular weight excluding hydrogens is 212 g/mol. The van der Waals surface area contributed by atoms with Crippen LogP contribution in [0.25, 0.3) is 0 Å². The molecule has 0 bridgehead atoms. The molecule has 1 aromatic rings. The van der Waals surface area contributed by atoms with Crippen LogP contribution in [0.15, 0.2) is 18.2 Å². The molecule has 3 nitrogen and oxygen atoms in total. The molecule has 0 spiro atoms. The van der Waals surface area contributed by atoms with Gasteiger partial charge >= 0.3 is 0 Å². The summed E-state index contributed by atoms with van der Waals surface area (Å²) in [5.41, 5.74) is 9.51. The molecule has 3 heteroatoms. The molecule has 0 saturated carbocycles. The normalized spacial score (nSPS) is 18.6. The second kappa shape index (κ2) is 5.52. The van der Waals surface area contributed by atoms with Gasteiger partial charge in [-0.25, -0.2) is 0 Å². The Kier molecular flexibility index (Phi) is 4.02. The van der Waals surface area contributed by atoms with Crippen LogP contribution in [0, 0.1) is 0 Å². The Bertz CT molecular complexity index is 378. The molecule has 1 aliphatic rings. The first-order valence-electron chi connectivity index (χ1n) is 6.49. The van der Waals surface area contributed by atoms with E-state index in [1.54, 1.807) is 0 Å². The summed E-state index contributed by atoms with van der Waals surface area (Å²) in [6.45, 7) is 4.47. The smallest absolute Gasteiger partial charge is 0.0443 e. The van der Waals surface area contributed by atoms with Crippen molar-refractivity contribution in [1.29, 1.82) is 0 Å². The number of fused-ring (bicyclic) bond motifs is 1. The molecule has 0 aromatic heterocycles. The van der Waals surface area contributed by atoms with Crippen LogP contribution in [-0.4, -0.2) is 29.7 Å². The predicted octanol–water partition coefficient (Wildman–Crippen LogP) is 1.96. The van der Waals surface area contributed by atoms with Gasteiger partial charge in [-0.05, 0) is 49.1 Å². The molecule has 0 aliphatic heterocycles. The van der Waals surface area contributed by atoms with Gasteiger partial charge < -0.3 is 10.8 Å². The highest BCUT2D eigenvalue weighted by atomic mass is 16.3. The zero-order valence-electron chi connectivity index (χ0n) is 10.5. The maximum Gasteiger partial charge on any atom is 0.0443 e. The molecule has 2 rings (SSSR count). The molecule has 1 unspecified atom stereocenters. The van der Waals surface area contributed by atoms with E-state index < -0.39 is 0 Å². The first-order valence-corrected chi connectivity index (χ1v) is 6.49. The van der Waals surface area contributed by atoms with Crippen molar-refractivity contribution >= 4 is 5.69 Å². The lowest BCUT2D eigenvalue weighted by Gasteiger charge is -2.28. The molecule has 3 N–H and O–H groups in total. The summed E-state index contributed by atoms with van der Waals surface area (Å²) < 4.78 is 0. The molecule has 1 aliphatic carbocycles. The van der Waals surface area contributed by atoms with Gasteiger partial charge in [0, 0.05) is 24.9 Å². The molecule has 1 aromatic carbocycles. The Hall–Kier alpha value is -1.06. The SMILES string of the molecule is CCN(CCCO)C1CCc2cc(N)ccc21. The average molecular weight is 234 g/mol. The number of aliphatic hydroxyl groups is 1. The monoisotopic (exact) mass is 234 g/mol. The number of nitrogen functional groups attached to an aromatic ring is 1. The van der Waals surface area contributed by atoms with Gasteiger partial charge in [-0.1, -0.05) is 13.0 Å². The Labute approximate surface area is 103 Å². The van der Waals surface area contributed by atoms with E-state index in [-0.39, 0.29) is 6.61 Å². The zero-order valence-corrected chi connectivity index (χ0v) is 10.5. The lowest BCUT2D eigenvalue weighted by atomic mass is 10.1. The Morgan fingerprint density at radius 3 is 3.00 bits per heavy atom. The number of hydrogen-bond acceptors (Lipinski definition) is 3. The zero-order chi connectivity index (χ0) is 12.3. The summed E-state index contributed by atoms with van der Waals surface area (Å²) in [4.78, 5) is 2.46. The number of rotatable bonds is 5. The van der Waals surface area contributed by atoms with E-state index in [2.05, 4.69) is 24.0 Å². The number of nitrogens with zero attached hydrogens (tertiary/aromatic N) is 1. The van der Waals surface area contributed by atoms with E-state index >= 15 is 0 Å². The Morgan fingerprint density at radius 1 is 1.47 bits per heavy atom. The number of aryl methyl sites for hydroxylation is 1. The van der Waals surface area contributed by atoms with Crippen LogP contribution in [0.5, 0.6) is 0 Å². The van der Waals surface area contributed by atoms with E-state index in [9.17, 15) is 0 Å². The van der Waals surface area contributed by atoms with Crippen molar-refractivity contribution in [3.63, 3.8) is 0 Å². The number of aliphatic hydroxyl groups excluding tert-OH is 1. The van der Waals surface area contributed by atoms with E-state index in [0.717, 1.165) is 31.6 Å². The molecule has 0 saturated heterocycles. The highest BCUT2D eigenvalue weighted by molar-refractivity contribution is 5.47. The summed E-state index contributed by atoms with van der Waals surface area (Å²) in [5.74, 6) is 0. The van der Waals surface area contributed by atoms with Gasteiger partial charge in [-0.2, -0.15) is 0 Å². The molecule has 17 heavy (non-hydrogen) atoms. The highest BCUT2D eigenvalue weighted by Gasteiger charge is 2.26. The van der Waals surface area contributed by atoms with Gasteiger partial charge in [0.2, 0.25) is 0 Å². The third kappa shape index (κ3) is 2.61. The number of hydrogen-bond donors (Lipinski definition) is 2. The van der Waals surface area contributed by atoms with Crippen molar-refractivity contribution in [3.05, 3.63) is 29.3 Å². The van der Waals surface area contributed by atoms with Crippen LogP contribution >= 0.6 is 0 Å². The second-order valence-electron chi connectivity index (χ2n) is 4.72. The summed E-state index contributed by atoms with van der Waals surface area (Å²) in [6.07, 6.45) is 3.16. The van der Waals surface area contributed by atoms with Gasteiger partial charge in [-0.3, -0.25) is 4.90 Å². The van der Waals surface area contributed by atoms with Crippen LogP contribution in [0.4, 0.5) is 5.69 Å². The van der Waals surface area contributed by atoms with E-state index in [1.165, 1.54) is 17.5 Å². The summed E-state index contributed by atoms with van der Waals surface area (Å²) in [5, 5.41) is 8.94. The summed E-state index contributed by atoms with van der Waals surface area (Å²) >= 11 is 0. The molecular formula is C14H22N2O. The van der Waals surface area contributed by atoms with Gasteiger partial charge in [-0.15, -0.1) is 0 Å². The van der Waals surface area contributed by atoms with Crippen LogP contribution in [0.2, 0.25) is 0 Å². The predicted molar refractivity (Wildman–Crippen MR) is 70.9 cm³/mol. The summed E-state index contributed by atoms with van der Waals surface area (Å²) in [7, 11) is 0. The Balaban J connectivity index is 2.14. The van der Waals surface area contributed by atoms with Crippen molar-refractivity contribution in [2.24, 2.45) is 0 Å². The van der Waals surface area contributed by atoms with Crippen molar-refractivity contribution in [1.82, 2.24) is 4.90 Å². The van der Waals surface area contributed by atoms with Crippen molar-refractivity contribution in [2.45, 2.75) is 32.2 Å². The highest BCUT2D eigenvalue weighted by Crippen LogP contribution is 2.36. The van der Waals surface area contributed by atoms with Gasteiger partial charge in [0.1, 0.15) is 0 Å². The van der Waals surface area contributed by atoms with E-state index in [1.807, 2.05) is 6.07 Å². The minimum Gasteiger partial charge on any atom is -0.399 e. The number of benzene rings is 1. The largest absolute Gasteiger partial charge is 0.399 e. The fraction of sp³-hybridized carbons (Fsp3) is 0.571. The van der Waals surface area contributed by atoms with Crippen molar-refractivity contribution in [2.75, 3.05) is 25.4 Å². The second-order valence-corrected chi connectivity index (χ2v) is 4.72. The van der Waals surface area contributed by atoms with E-state index in [4.69, 9.17) is 10.8 Å². The first-order chi connectivity index (χ1) is 8.26. The van der Waals surface area contributed by atoms with Crippen LogP contribution in [-0.2, 0) is 6.42 Å². The van der Waals surface area contributed by atoms with Crippen molar-refractivity contribution < 1.29 is 5.11 Å². The fourth-order valence-corrected chi connectivity index (χ4v) is 2.80. The minimum atomic E-state index is 0.276. The van der Waals surface area contributed by atoms with Crippen LogP contribution in [0.1, 0.15) is 36.9 Å². The van der Waals surface area contributed by atoms with E-state index in [0.29, 0.717) is 6.04 Å². The molecule has 0 fully saturated rings. The minimum absolute atomic E-state index is 0.276. The molecule has 0 heterocycles. The van der Waals surface area contributed by atoms with Gasteiger partial charge in [0.05, 0.1) is 0 Å².